The van der Waals surface area contributed by atoms with E-state index in [9.17, 15) is 4.57 Å². The van der Waals surface area contributed by atoms with Crippen molar-refractivity contribution in [3.63, 3.8) is 0 Å². The molecule has 1 atom stereocenters. The number of hydrogen-bond donors (Lipinski definition) is 1. The number of aryl methyl sites for hydroxylation is 1. The molecule has 0 spiro atoms. The van der Waals surface area contributed by atoms with Gasteiger partial charge in [0.25, 0.3) is 7.52 Å². The summed E-state index contributed by atoms with van der Waals surface area (Å²) in [5, 5.41) is 0.551. The lowest BCUT2D eigenvalue weighted by molar-refractivity contribution is 0.404. The van der Waals surface area contributed by atoms with Gasteiger partial charge in [-0.3, -0.25) is 10.1 Å². The Morgan fingerprint density at radius 1 is 1.33 bits per heavy atom. The van der Waals surface area contributed by atoms with Crippen molar-refractivity contribution in [1.29, 1.82) is 0 Å². The van der Waals surface area contributed by atoms with Gasteiger partial charge in [0.05, 0.1) is 5.30 Å². The van der Waals surface area contributed by atoms with E-state index in [0.717, 1.165) is 5.56 Å². The van der Waals surface area contributed by atoms with Gasteiger partial charge in [-0.25, -0.2) is 0 Å². The largest absolute Gasteiger partial charge is 0.318 e. The van der Waals surface area contributed by atoms with Gasteiger partial charge in [-0.05, 0) is 19.1 Å². The molecule has 2 N–H and O–H groups in total. The monoisotopic (exact) mass is 185 g/mol. The lowest BCUT2D eigenvalue weighted by atomic mass is 10.2. The van der Waals surface area contributed by atoms with Crippen LogP contribution < -0.4 is 10.8 Å². The molecule has 0 aliphatic heterocycles. The molecule has 0 radical (unpaired) electrons. The number of rotatable bonds is 2. The van der Waals surface area contributed by atoms with Crippen LogP contribution in [-0.2, 0) is 9.09 Å². The average molecular weight is 185 g/mol. The molecule has 3 nitrogen and oxygen atoms in total. The summed E-state index contributed by atoms with van der Waals surface area (Å²) in [5.41, 5.74) is 6.53. The number of benzene rings is 1. The highest BCUT2D eigenvalue weighted by Gasteiger charge is 2.16. The molecule has 1 aromatic carbocycles. The quantitative estimate of drug-likeness (QED) is 0.709. The highest BCUT2D eigenvalue weighted by atomic mass is 31.2. The Hall–Kier alpha value is -0.630. The zero-order valence-corrected chi connectivity index (χ0v) is 8.04. The van der Waals surface area contributed by atoms with E-state index in [-0.39, 0.29) is 0 Å². The van der Waals surface area contributed by atoms with Crippen LogP contribution in [0.4, 0.5) is 0 Å². The standard InChI is InChI=1S/C8H12NO2P/c1-7-3-5-8(6-4-7)12(9,10)11-2/h3-6H,1-2H3,(H2,9,10). The summed E-state index contributed by atoms with van der Waals surface area (Å²) in [4.78, 5) is 0. The maximum Gasteiger partial charge on any atom is 0.296 e. The van der Waals surface area contributed by atoms with Crippen LogP contribution in [-0.4, -0.2) is 7.11 Å². The summed E-state index contributed by atoms with van der Waals surface area (Å²) >= 11 is 0. The van der Waals surface area contributed by atoms with Crippen LogP contribution in [0, 0.1) is 6.92 Å². The SMILES string of the molecule is COP(N)(=O)c1ccc(C)cc1. The first-order chi connectivity index (χ1) is 5.56. The van der Waals surface area contributed by atoms with Crippen molar-refractivity contribution in [2.75, 3.05) is 7.11 Å². The van der Waals surface area contributed by atoms with E-state index in [1.54, 1.807) is 12.1 Å². The molecule has 0 aliphatic carbocycles. The van der Waals surface area contributed by atoms with Crippen LogP contribution in [0.3, 0.4) is 0 Å². The summed E-state index contributed by atoms with van der Waals surface area (Å²) < 4.78 is 16.1. The minimum atomic E-state index is -3.05. The Morgan fingerprint density at radius 3 is 2.25 bits per heavy atom. The Bertz CT molecular complexity index is 307. The van der Waals surface area contributed by atoms with E-state index in [0.29, 0.717) is 5.30 Å². The number of hydrogen-bond acceptors (Lipinski definition) is 2. The normalized spacial score (nSPS) is 15.6. The topological polar surface area (TPSA) is 52.3 Å². The van der Waals surface area contributed by atoms with Crippen LogP contribution in [0.2, 0.25) is 0 Å². The molecule has 12 heavy (non-hydrogen) atoms. The highest BCUT2D eigenvalue weighted by molar-refractivity contribution is 7.64. The van der Waals surface area contributed by atoms with Crippen LogP contribution in [0.15, 0.2) is 24.3 Å². The van der Waals surface area contributed by atoms with Crippen LogP contribution >= 0.6 is 7.52 Å². The van der Waals surface area contributed by atoms with Crippen molar-refractivity contribution in [1.82, 2.24) is 0 Å². The second-order valence-electron chi connectivity index (χ2n) is 2.62. The molecule has 0 heterocycles. The second kappa shape index (κ2) is 3.40. The molecule has 1 rings (SSSR count). The zero-order valence-electron chi connectivity index (χ0n) is 7.15. The Balaban J connectivity index is 3.05. The summed E-state index contributed by atoms with van der Waals surface area (Å²) in [6, 6.07) is 7.15. The van der Waals surface area contributed by atoms with Gasteiger partial charge in [0, 0.05) is 7.11 Å². The zero-order chi connectivity index (χ0) is 9.19. The minimum Gasteiger partial charge on any atom is -0.318 e. The first-order valence-corrected chi connectivity index (χ1v) is 5.27. The molecule has 1 aromatic rings. The van der Waals surface area contributed by atoms with E-state index >= 15 is 0 Å². The van der Waals surface area contributed by atoms with E-state index < -0.39 is 7.52 Å². The third-order valence-corrected chi connectivity index (χ3v) is 3.23. The van der Waals surface area contributed by atoms with Crippen molar-refractivity contribution in [2.24, 2.45) is 5.50 Å². The van der Waals surface area contributed by atoms with Gasteiger partial charge in [-0.1, -0.05) is 17.7 Å². The van der Waals surface area contributed by atoms with Crippen LogP contribution in [0.1, 0.15) is 5.56 Å². The molecule has 1 unspecified atom stereocenters. The average Bonchev–Trinajstić information content (AvgIpc) is 2.05. The molecule has 0 saturated heterocycles. The second-order valence-corrected chi connectivity index (χ2v) is 4.69. The third kappa shape index (κ3) is 1.95. The van der Waals surface area contributed by atoms with Gasteiger partial charge in [-0.15, -0.1) is 0 Å². The van der Waals surface area contributed by atoms with E-state index in [1.165, 1.54) is 7.11 Å². The molecule has 66 valence electrons. The van der Waals surface area contributed by atoms with Crippen molar-refractivity contribution in [3.05, 3.63) is 29.8 Å². The molecule has 0 saturated carbocycles. The Morgan fingerprint density at radius 2 is 1.83 bits per heavy atom. The number of nitrogens with two attached hydrogens (primary N) is 1. The maximum absolute atomic E-state index is 11.5. The van der Waals surface area contributed by atoms with Crippen LogP contribution in [0.25, 0.3) is 0 Å². The van der Waals surface area contributed by atoms with Gasteiger partial charge >= 0.3 is 0 Å². The van der Waals surface area contributed by atoms with Crippen molar-refractivity contribution in [3.8, 4) is 0 Å². The molecule has 0 fully saturated rings. The smallest absolute Gasteiger partial charge is 0.296 e. The lowest BCUT2D eigenvalue weighted by Gasteiger charge is -2.09. The first-order valence-electron chi connectivity index (χ1n) is 3.58. The van der Waals surface area contributed by atoms with E-state index in [4.69, 9.17) is 10.0 Å². The molecule has 0 aromatic heterocycles. The summed E-state index contributed by atoms with van der Waals surface area (Å²) in [5.74, 6) is 0. The molecular formula is C8H12NO2P. The molecule has 0 amide bonds. The fourth-order valence-electron chi connectivity index (χ4n) is 0.858. The Labute approximate surface area is 72.0 Å². The summed E-state index contributed by atoms with van der Waals surface area (Å²) in [6.07, 6.45) is 0. The molecule has 0 aliphatic rings. The fraction of sp³-hybridized carbons (Fsp3) is 0.250. The van der Waals surface area contributed by atoms with Crippen molar-refractivity contribution in [2.45, 2.75) is 6.92 Å². The molecule has 0 bridgehead atoms. The van der Waals surface area contributed by atoms with Gasteiger partial charge in [0.1, 0.15) is 0 Å². The van der Waals surface area contributed by atoms with E-state index in [2.05, 4.69) is 0 Å². The third-order valence-electron chi connectivity index (χ3n) is 1.67. The summed E-state index contributed by atoms with van der Waals surface area (Å²) in [6.45, 7) is 1.96. The summed E-state index contributed by atoms with van der Waals surface area (Å²) in [7, 11) is -1.70. The van der Waals surface area contributed by atoms with Crippen molar-refractivity contribution < 1.29 is 9.09 Å². The molecule has 4 heteroatoms. The Kier molecular flexibility index (Phi) is 2.68. The lowest BCUT2D eigenvalue weighted by Crippen LogP contribution is -2.12. The van der Waals surface area contributed by atoms with Gasteiger partial charge in [-0.2, -0.15) is 0 Å². The van der Waals surface area contributed by atoms with E-state index in [1.807, 2.05) is 19.1 Å². The van der Waals surface area contributed by atoms with Gasteiger partial charge in [0.2, 0.25) is 0 Å². The van der Waals surface area contributed by atoms with Gasteiger partial charge in [0.15, 0.2) is 0 Å². The predicted octanol–water partition coefficient (Wildman–Crippen LogP) is 1.42. The highest BCUT2D eigenvalue weighted by Crippen LogP contribution is 2.34. The fourth-order valence-corrected chi connectivity index (χ4v) is 1.63. The van der Waals surface area contributed by atoms with Crippen molar-refractivity contribution >= 4 is 12.8 Å². The van der Waals surface area contributed by atoms with Gasteiger partial charge < -0.3 is 4.52 Å². The minimum absolute atomic E-state index is 0.551. The van der Waals surface area contributed by atoms with Crippen LogP contribution in [0.5, 0.6) is 0 Å². The molecular weight excluding hydrogens is 173 g/mol. The first kappa shape index (κ1) is 9.46. The maximum atomic E-state index is 11.5. The predicted molar refractivity (Wildman–Crippen MR) is 49.6 cm³/mol.